The molecule has 3 nitrogen and oxygen atoms in total. The van der Waals surface area contributed by atoms with Crippen LogP contribution in [0.3, 0.4) is 0 Å². The molecule has 0 saturated carbocycles. The van der Waals surface area contributed by atoms with Crippen molar-refractivity contribution in [2.24, 2.45) is 0 Å². The van der Waals surface area contributed by atoms with Crippen LogP contribution in [0.4, 0.5) is 8.78 Å². The van der Waals surface area contributed by atoms with Crippen molar-refractivity contribution in [2.75, 3.05) is 6.61 Å². The Morgan fingerprint density at radius 1 is 1.13 bits per heavy atom. The van der Waals surface area contributed by atoms with Crippen LogP contribution >= 0.6 is 0 Å². The standard InChI is InChI=1S/C18H19F2NO2/c1-11-5-3-4-6-13(11)8-14(10-22)21-18(23)15-9-16(19)12(2)7-17(15)20/h3-7,9,14,22H,8,10H2,1-2H3,(H,21,23)/t14-/m0/s1. The zero-order valence-electron chi connectivity index (χ0n) is 13.1. The third-order valence-corrected chi connectivity index (χ3v) is 3.78. The number of amides is 1. The Bertz CT molecular complexity index is 716. The Labute approximate surface area is 134 Å². The van der Waals surface area contributed by atoms with E-state index in [1.54, 1.807) is 0 Å². The molecular weight excluding hydrogens is 300 g/mol. The van der Waals surface area contributed by atoms with Gasteiger partial charge >= 0.3 is 0 Å². The summed E-state index contributed by atoms with van der Waals surface area (Å²) in [5.41, 5.74) is 1.78. The van der Waals surface area contributed by atoms with E-state index < -0.39 is 23.6 Å². The quantitative estimate of drug-likeness (QED) is 0.890. The zero-order valence-corrected chi connectivity index (χ0v) is 13.1. The van der Waals surface area contributed by atoms with Crippen molar-refractivity contribution in [1.82, 2.24) is 5.32 Å². The topological polar surface area (TPSA) is 49.3 Å². The van der Waals surface area contributed by atoms with Crippen LogP contribution in [0, 0.1) is 25.5 Å². The normalized spacial score (nSPS) is 12.0. The highest BCUT2D eigenvalue weighted by Gasteiger charge is 2.19. The fourth-order valence-electron chi connectivity index (χ4n) is 2.35. The highest BCUT2D eigenvalue weighted by Crippen LogP contribution is 2.15. The first-order valence-electron chi connectivity index (χ1n) is 7.34. The summed E-state index contributed by atoms with van der Waals surface area (Å²) in [7, 11) is 0. The Kier molecular flexibility index (Phi) is 5.45. The molecule has 0 saturated heterocycles. The maximum Gasteiger partial charge on any atom is 0.254 e. The van der Waals surface area contributed by atoms with E-state index in [2.05, 4.69) is 5.32 Å². The lowest BCUT2D eigenvalue weighted by atomic mass is 10.0. The van der Waals surface area contributed by atoms with Gasteiger partial charge in [-0.3, -0.25) is 4.79 Å². The molecule has 122 valence electrons. The zero-order chi connectivity index (χ0) is 17.0. The molecule has 0 aromatic heterocycles. The second-order valence-corrected chi connectivity index (χ2v) is 5.56. The van der Waals surface area contributed by atoms with Crippen LogP contribution in [0.1, 0.15) is 27.0 Å². The molecule has 2 rings (SSSR count). The molecule has 0 aliphatic heterocycles. The molecule has 0 heterocycles. The number of nitrogens with one attached hydrogen (secondary N) is 1. The molecular formula is C18H19F2NO2. The van der Waals surface area contributed by atoms with E-state index >= 15 is 0 Å². The molecule has 0 bridgehead atoms. The van der Waals surface area contributed by atoms with Crippen LogP contribution < -0.4 is 5.32 Å². The van der Waals surface area contributed by atoms with Crippen LogP contribution in [0.5, 0.6) is 0 Å². The van der Waals surface area contributed by atoms with Gasteiger partial charge in [0.25, 0.3) is 5.91 Å². The average molecular weight is 319 g/mol. The number of aliphatic hydroxyl groups excluding tert-OH is 1. The lowest BCUT2D eigenvalue weighted by Gasteiger charge is -2.18. The van der Waals surface area contributed by atoms with E-state index in [0.717, 1.165) is 23.3 Å². The monoisotopic (exact) mass is 319 g/mol. The molecule has 0 spiro atoms. The Hall–Kier alpha value is -2.27. The number of aryl methyl sites for hydroxylation is 2. The lowest BCUT2D eigenvalue weighted by molar-refractivity contribution is 0.0912. The summed E-state index contributed by atoms with van der Waals surface area (Å²) in [4.78, 5) is 12.1. The fraction of sp³-hybridized carbons (Fsp3) is 0.278. The molecule has 2 N–H and O–H groups in total. The lowest BCUT2D eigenvalue weighted by Crippen LogP contribution is -2.39. The van der Waals surface area contributed by atoms with Gasteiger partial charge in [0.15, 0.2) is 0 Å². The summed E-state index contributed by atoms with van der Waals surface area (Å²) in [5, 5.41) is 12.0. The van der Waals surface area contributed by atoms with Gasteiger partial charge in [0, 0.05) is 0 Å². The summed E-state index contributed by atoms with van der Waals surface area (Å²) in [6, 6.07) is 8.88. The van der Waals surface area contributed by atoms with Gasteiger partial charge in [0.05, 0.1) is 18.2 Å². The third kappa shape index (κ3) is 4.13. The molecule has 0 fully saturated rings. The van der Waals surface area contributed by atoms with Crippen LogP contribution in [-0.2, 0) is 6.42 Å². The van der Waals surface area contributed by atoms with E-state index in [1.165, 1.54) is 6.92 Å². The largest absolute Gasteiger partial charge is 0.394 e. The minimum atomic E-state index is -0.783. The molecule has 0 aliphatic rings. The first-order chi connectivity index (χ1) is 10.9. The second kappa shape index (κ2) is 7.33. The van der Waals surface area contributed by atoms with E-state index in [-0.39, 0.29) is 17.7 Å². The smallest absolute Gasteiger partial charge is 0.254 e. The van der Waals surface area contributed by atoms with Gasteiger partial charge in [0.2, 0.25) is 0 Å². The van der Waals surface area contributed by atoms with Crippen molar-refractivity contribution in [3.63, 3.8) is 0 Å². The second-order valence-electron chi connectivity index (χ2n) is 5.56. The van der Waals surface area contributed by atoms with Crippen molar-refractivity contribution in [3.05, 3.63) is 70.3 Å². The average Bonchev–Trinajstić information content (AvgIpc) is 2.52. The maximum atomic E-state index is 13.8. The predicted molar refractivity (Wildman–Crippen MR) is 84.3 cm³/mol. The van der Waals surface area contributed by atoms with Gasteiger partial charge in [-0.05, 0) is 49.1 Å². The van der Waals surface area contributed by atoms with Crippen molar-refractivity contribution < 1.29 is 18.7 Å². The Morgan fingerprint density at radius 3 is 2.48 bits per heavy atom. The molecule has 1 amide bonds. The molecule has 0 unspecified atom stereocenters. The maximum absolute atomic E-state index is 13.8. The van der Waals surface area contributed by atoms with Crippen LogP contribution in [0.25, 0.3) is 0 Å². The number of hydrogen-bond acceptors (Lipinski definition) is 2. The molecule has 23 heavy (non-hydrogen) atoms. The van der Waals surface area contributed by atoms with Crippen LogP contribution in [0.15, 0.2) is 36.4 Å². The van der Waals surface area contributed by atoms with Gasteiger partial charge in [-0.15, -0.1) is 0 Å². The Morgan fingerprint density at radius 2 is 1.83 bits per heavy atom. The van der Waals surface area contributed by atoms with Crippen molar-refractivity contribution in [3.8, 4) is 0 Å². The van der Waals surface area contributed by atoms with E-state index in [4.69, 9.17) is 0 Å². The molecule has 2 aromatic carbocycles. The molecule has 2 aromatic rings. The minimum Gasteiger partial charge on any atom is -0.394 e. The number of hydrogen-bond donors (Lipinski definition) is 2. The third-order valence-electron chi connectivity index (χ3n) is 3.78. The summed E-state index contributed by atoms with van der Waals surface area (Å²) >= 11 is 0. The number of aliphatic hydroxyl groups is 1. The SMILES string of the molecule is Cc1cc(F)c(C(=O)N[C@H](CO)Cc2ccccc2C)cc1F. The fourth-order valence-corrected chi connectivity index (χ4v) is 2.35. The van der Waals surface area contributed by atoms with Crippen molar-refractivity contribution in [2.45, 2.75) is 26.3 Å². The van der Waals surface area contributed by atoms with Crippen LogP contribution in [0.2, 0.25) is 0 Å². The molecule has 0 radical (unpaired) electrons. The van der Waals surface area contributed by atoms with Gasteiger partial charge in [0.1, 0.15) is 11.6 Å². The van der Waals surface area contributed by atoms with E-state index in [0.29, 0.717) is 6.42 Å². The summed E-state index contributed by atoms with van der Waals surface area (Å²) in [5.74, 6) is -2.17. The summed E-state index contributed by atoms with van der Waals surface area (Å²) < 4.78 is 27.4. The molecule has 0 aliphatic carbocycles. The predicted octanol–water partition coefficient (Wildman–Crippen LogP) is 2.92. The molecule has 5 heteroatoms. The van der Waals surface area contributed by atoms with Crippen molar-refractivity contribution >= 4 is 5.91 Å². The minimum absolute atomic E-state index is 0.137. The van der Waals surface area contributed by atoms with Gasteiger partial charge in [-0.25, -0.2) is 8.78 Å². The van der Waals surface area contributed by atoms with Gasteiger partial charge in [-0.2, -0.15) is 0 Å². The highest BCUT2D eigenvalue weighted by atomic mass is 19.1. The highest BCUT2D eigenvalue weighted by molar-refractivity contribution is 5.94. The number of carbonyl (C=O) groups excluding carboxylic acids is 1. The number of halogens is 2. The van der Waals surface area contributed by atoms with E-state index in [9.17, 15) is 18.7 Å². The van der Waals surface area contributed by atoms with Crippen molar-refractivity contribution in [1.29, 1.82) is 0 Å². The first kappa shape index (κ1) is 17.1. The summed E-state index contributed by atoms with van der Waals surface area (Å²) in [6.07, 6.45) is 0.408. The number of benzene rings is 2. The Balaban J connectivity index is 2.14. The number of carbonyl (C=O) groups is 1. The summed E-state index contributed by atoms with van der Waals surface area (Å²) in [6.45, 7) is 3.06. The molecule has 1 atom stereocenters. The van der Waals surface area contributed by atoms with E-state index in [1.807, 2.05) is 31.2 Å². The first-order valence-corrected chi connectivity index (χ1v) is 7.34. The van der Waals surface area contributed by atoms with Crippen LogP contribution in [-0.4, -0.2) is 23.7 Å². The van der Waals surface area contributed by atoms with Gasteiger partial charge < -0.3 is 10.4 Å². The van der Waals surface area contributed by atoms with Gasteiger partial charge in [-0.1, -0.05) is 24.3 Å². The number of rotatable bonds is 5.